The van der Waals surface area contributed by atoms with Crippen LogP contribution in [0.1, 0.15) is 24.2 Å². The maximum absolute atomic E-state index is 11.2. The van der Waals surface area contributed by atoms with E-state index in [-0.39, 0.29) is 0 Å². The van der Waals surface area contributed by atoms with Crippen LogP contribution < -0.4 is 21.5 Å². The maximum atomic E-state index is 11.2. The fourth-order valence-corrected chi connectivity index (χ4v) is 2.79. The third-order valence-corrected chi connectivity index (χ3v) is 3.44. The topological polar surface area (TPSA) is 127 Å². The summed E-state index contributed by atoms with van der Waals surface area (Å²) in [5, 5.41) is 3.01. The Morgan fingerprint density at radius 1 is 1.35 bits per heavy atom. The Morgan fingerprint density at radius 3 is 2.45 bits per heavy atom. The number of rotatable bonds is 6. The molecule has 1 aromatic carbocycles. The van der Waals surface area contributed by atoms with E-state index in [1.807, 2.05) is 0 Å². The SMILES string of the molecule is CC(C)(CNc1cc(C(N)=O)ccc1N)NS(C)(=O)=O. The standard InChI is InChI=1S/C12H20N4O3S/c1-12(2,16-20(3,18)19)7-15-10-6-8(11(14)17)4-5-9(10)13/h4-6,15-16H,7,13H2,1-3H3,(H2,14,17). The average Bonchev–Trinajstić information content (AvgIpc) is 2.24. The predicted molar refractivity (Wildman–Crippen MR) is 79.9 cm³/mol. The van der Waals surface area contributed by atoms with Crippen molar-refractivity contribution in [2.24, 2.45) is 5.73 Å². The highest BCUT2D eigenvalue weighted by atomic mass is 32.2. The van der Waals surface area contributed by atoms with Crippen molar-refractivity contribution in [3.05, 3.63) is 23.8 Å². The molecule has 0 radical (unpaired) electrons. The van der Waals surface area contributed by atoms with Crippen LogP contribution in [-0.4, -0.2) is 32.7 Å². The molecule has 6 N–H and O–H groups in total. The van der Waals surface area contributed by atoms with Crippen LogP contribution in [0.2, 0.25) is 0 Å². The third kappa shape index (κ3) is 5.06. The molecule has 0 heterocycles. The van der Waals surface area contributed by atoms with Gasteiger partial charge in [0.1, 0.15) is 0 Å². The molecule has 0 atom stereocenters. The van der Waals surface area contributed by atoms with Crippen LogP contribution in [0.25, 0.3) is 0 Å². The lowest BCUT2D eigenvalue weighted by molar-refractivity contribution is 0.100. The second kappa shape index (κ2) is 5.68. The molecule has 0 bridgehead atoms. The quantitative estimate of drug-likeness (QED) is 0.554. The molecule has 0 saturated carbocycles. The van der Waals surface area contributed by atoms with E-state index in [1.54, 1.807) is 19.9 Å². The summed E-state index contributed by atoms with van der Waals surface area (Å²) in [6.45, 7) is 3.76. The number of nitrogens with two attached hydrogens (primary N) is 2. The molecule has 0 aromatic heterocycles. The van der Waals surface area contributed by atoms with Crippen molar-refractivity contribution in [3.8, 4) is 0 Å². The van der Waals surface area contributed by atoms with Gasteiger partial charge in [0.2, 0.25) is 15.9 Å². The van der Waals surface area contributed by atoms with Crippen LogP contribution in [0.15, 0.2) is 18.2 Å². The molecule has 0 saturated heterocycles. The zero-order valence-electron chi connectivity index (χ0n) is 11.7. The van der Waals surface area contributed by atoms with Gasteiger partial charge >= 0.3 is 0 Å². The van der Waals surface area contributed by atoms with Gasteiger partial charge in [-0.1, -0.05) is 0 Å². The van der Waals surface area contributed by atoms with Gasteiger partial charge in [-0.05, 0) is 32.0 Å². The number of hydrogen-bond donors (Lipinski definition) is 4. The highest BCUT2D eigenvalue weighted by molar-refractivity contribution is 7.88. The molecule has 7 nitrogen and oxygen atoms in total. The van der Waals surface area contributed by atoms with Crippen molar-refractivity contribution < 1.29 is 13.2 Å². The zero-order valence-corrected chi connectivity index (χ0v) is 12.5. The molecule has 20 heavy (non-hydrogen) atoms. The number of carbonyl (C=O) groups is 1. The van der Waals surface area contributed by atoms with Gasteiger partial charge in [-0.25, -0.2) is 13.1 Å². The van der Waals surface area contributed by atoms with E-state index < -0.39 is 21.5 Å². The van der Waals surface area contributed by atoms with Gasteiger partial charge in [0.15, 0.2) is 0 Å². The first-order chi connectivity index (χ1) is 9.00. The highest BCUT2D eigenvalue weighted by Gasteiger charge is 2.22. The van der Waals surface area contributed by atoms with E-state index in [0.717, 1.165) is 6.26 Å². The fourth-order valence-electron chi connectivity index (χ4n) is 1.72. The summed E-state index contributed by atoms with van der Waals surface area (Å²) in [4.78, 5) is 11.1. The monoisotopic (exact) mass is 300 g/mol. The van der Waals surface area contributed by atoms with Gasteiger partial charge in [0, 0.05) is 17.6 Å². The Balaban J connectivity index is 2.84. The summed E-state index contributed by atoms with van der Waals surface area (Å²) < 4.78 is 25.0. The number of nitrogen functional groups attached to an aromatic ring is 1. The summed E-state index contributed by atoms with van der Waals surface area (Å²) in [5.41, 5.74) is 11.6. The Bertz CT molecular complexity index is 611. The lowest BCUT2D eigenvalue weighted by atomic mass is 10.1. The van der Waals surface area contributed by atoms with Crippen molar-refractivity contribution in [2.75, 3.05) is 23.9 Å². The number of carbonyl (C=O) groups excluding carboxylic acids is 1. The van der Waals surface area contributed by atoms with Crippen LogP contribution in [0.4, 0.5) is 11.4 Å². The second-order valence-corrected chi connectivity index (χ2v) is 7.03. The number of hydrogen-bond acceptors (Lipinski definition) is 5. The zero-order chi connectivity index (χ0) is 15.6. The Morgan fingerprint density at radius 2 is 1.95 bits per heavy atom. The molecular formula is C12H20N4O3S. The molecule has 0 aliphatic rings. The summed E-state index contributed by atoms with van der Waals surface area (Å²) >= 11 is 0. The molecule has 0 fully saturated rings. The van der Waals surface area contributed by atoms with Gasteiger partial charge < -0.3 is 16.8 Å². The molecule has 0 aliphatic heterocycles. The van der Waals surface area contributed by atoms with Crippen molar-refractivity contribution in [2.45, 2.75) is 19.4 Å². The second-order valence-electron chi connectivity index (χ2n) is 5.28. The minimum absolute atomic E-state index is 0.298. The van der Waals surface area contributed by atoms with E-state index >= 15 is 0 Å². The van der Waals surface area contributed by atoms with Crippen LogP contribution in [0.5, 0.6) is 0 Å². The largest absolute Gasteiger partial charge is 0.397 e. The summed E-state index contributed by atoms with van der Waals surface area (Å²) in [6, 6.07) is 4.64. The van der Waals surface area contributed by atoms with Gasteiger partial charge in [-0.2, -0.15) is 0 Å². The first-order valence-electron chi connectivity index (χ1n) is 5.92. The van der Waals surface area contributed by atoms with E-state index in [1.165, 1.54) is 12.1 Å². The summed E-state index contributed by atoms with van der Waals surface area (Å²) in [6.07, 6.45) is 1.09. The molecule has 0 spiro atoms. The van der Waals surface area contributed by atoms with Crippen molar-refractivity contribution in [3.63, 3.8) is 0 Å². The molecule has 8 heteroatoms. The number of benzene rings is 1. The predicted octanol–water partition coefficient (Wildman–Crippen LogP) is 0.107. The molecule has 0 unspecified atom stereocenters. The Labute approximate surface area is 118 Å². The van der Waals surface area contributed by atoms with Crippen LogP contribution >= 0.6 is 0 Å². The van der Waals surface area contributed by atoms with Crippen molar-refractivity contribution >= 4 is 27.3 Å². The Kier molecular flexibility index (Phi) is 4.61. The summed E-state index contributed by atoms with van der Waals surface area (Å²) in [5.74, 6) is -0.554. The molecule has 1 amide bonds. The van der Waals surface area contributed by atoms with E-state index in [9.17, 15) is 13.2 Å². The van der Waals surface area contributed by atoms with Crippen LogP contribution in [-0.2, 0) is 10.0 Å². The Hall–Kier alpha value is -1.80. The number of anilines is 2. The fraction of sp³-hybridized carbons (Fsp3) is 0.417. The third-order valence-electron chi connectivity index (χ3n) is 2.52. The number of nitrogens with one attached hydrogen (secondary N) is 2. The minimum atomic E-state index is -3.31. The molecule has 1 aromatic rings. The first-order valence-corrected chi connectivity index (χ1v) is 7.81. The smallest absolute Gasteiger partial charge is 0.248 e. The van der Waals surface area contributed by atoms with Gasteiger partial charge in [0.25, 0.3) is 0 Å². The lowest BCUT2D eigenvalue weighted by Crippen LogP contribution is -2.47. The summed E-state index contributed by atoms with van der Waals surface area (Å²) in [7, 11) is -3.31. The van der Waals surface area contributed by atoms with Gasteiger partial charge in [-0.15, -0.1) is 0 Å². The average molecular weight is 300 g/mol. The van der Waals surface area contributed by atoms with Crippen molar-refractivity contribution in [1.82, 2.24) is 4.72 Å². The van der Waals surface area contributed by atoms with Crippen LogP contribution in [0.3, 0.4) is 0 Å². The normalized spacial score (nSPS) is 12.2. The number of primary amides is 1. The van der Waals surface area contributed by atoms with E-state index in [2.05, 4.69) is 10.0 Å². The minimum Gasteiger partial charge on any atom is -0.397 e. The van der Waals surface area contributed by atoms with E-state index in [4.69, 9.17) is 11.5 Å². The molecule has 0 aliphatic carbocycles. The molecule has 112 valence electrons. The highest BCUT2D eigenvalue weighted by Crippen LogP contribution is 2.20. The number of amides is 1. The van der Waals surface area contributed by atoms with Crippen molar-refractivity contribution in [1.29, 1.82) is 0 Å². The first kappa shape index (κ1) is 16.3. The molecule has 1 rings (SSSR count). The maximum Gasteiger partial charge on any atom is 0.248 e. The van der Waals surface area contributed by atoms with Gasteiger partial charge in [0.05, 0.1) is 17.6 Å². The lowest BCUT2D eigenvalue weighted by Gasteiger charge is -2.26. The number of sulfonamides is 1. The van der Waals surface area contributed by atoms with E-state index in [0.29, 0.717) is 23.5 Å². The molecular weight excluding hydrogens is 280 g/mol. The van der Waals surface area contributed by atoms with Gasteiger partial charge in [-0.3, -0.25) is 4.79 Å². The van der Waals surface area contributed by atoms with Crippen LogP contribution in [0, 0.1) is 0 Å².